The number of pyridine rings is 1. The van der Waals surface area contributed by atoms with Crippen LogP contribution in [-0.4, -0.2) is 75.2 Å². The van der Waals surface area contributed by atoms with Crippen molar-refractivity contribution < 1.29 is 23.4 Å². The van der Waals surface area contributed by atoms with E-state index < -0.39 is 14.0 Å². The maximum Gasteiger partial charge on any atom is 0.291 e. The van der Waals surface area contributed by atoms with Crippen molar-refractivity contribution >= 4 is 30.8 Å². The molecule has 3 heterocycles. The van der Waals surface area contributed by atoms with E-state index >= 15 is 0 Å². The molecule has 0 atom stereocenters. The minimum atomic E-state index is -1.55. The molecule has 11 nitrogen and oxygen atoms in total. The molecule has 0 unspecified atom stereocenters. The Morgan fingerprint density at radius 1 is 1.08 bits per heavy atom. The van der Waals surface area contributed by atoms with Crippen LogP contribution in [0.5, 0.6) is 23.5 Å². The number of ether oxygens (including phenoxy) is 3. The number of aromatic nitrogens is 3. The lowest BCUT2D eigenvalue weighted by Gasteiger charge is -2.16. The number of carbonyl (C=O) groups excluding carboxylic acids is 1. The highest BCUT2D eigenvalue weighted by Gasteiger charge is 2.22. The van der Waals surface area contributed by atoms with Crippen LogP contribution >= 0.6 is 0 Å². The van der Waals surface area contributed by atoms with E-state index in [4.69, 9.17) is 18.6 Å². The first kappa shape index (κ1) is 27.0. The minimum Gasteiger partial charge on any atom is -0.479 e. The zero-order valence-electron chi connectivity index (χ0n) is 21.8. The number of carbonyl (C=O) groups is 1. The molecule has 0 saturated heterocycles. The first-order chi connectivity index (χ1) is 17.1. The Bertz CT molecular complexity index is 1150. The molecule has 3 rings (SSSR count). The van der Waals surface area contributed by atoms with Crippen molar-refractivity contribution in [2.75, 3.05) is 52.0 Å². The van der Waals surface area contributed by atoms with Gasteiger partial charge in [0.1, 0.15) is 5.75 Å². The number of rotatable bonds is 12. The molecule has 1 amide bonds. The third kappa shape index (κ3) is 7.18. The zero-order chi connectivity index (χ0) is 26.3. The minimum absolute atomic E-state index is 0.0364. The zero-order valence-corrected chi connectivity index (χ0v) is 22.8. The summed E-state index contributed by atoms with van der Waals surface area (Å²) in [6.07, 6.45) is 4.36. The average Bonchev–Trinajstić information content (AvgIpc) is 3.30. The molecule has 2 N–H and O–H groups in total. The lowest BCUT2D eigenvalue weighted by Crippen LogP contribution is -2.37. The fourth-order valence-electron chi connectivity index (χ4n) is 3.17. The maximum atomic E-state index is 12.9. The Labute approximate surface area is 212 Å². The monoisotopic (exact) mass is 514 g/mol. The molecule has 36 heavy (non-hydrogen) atoms. The van der Waals surface area contributed by atoms with Gasteiger partial charge in [0.2, 0.25) is 17.7 Å². The van der Waals surface area contributed by atoms with Gasteiger partial charge in [-0.25, -0.2) is 0 Å². The van der Waals surface area contributed by atoms with Crippen LogP contribution in [-0.2, 0) is 0 Å². The number of anilines is 2. The predicted molar refractivity (Wildman–Crippen MR) is 141 cm³/mol. The van der Waals surface area contributed by atoms with E-state index in [0.717, 1.165) is 18.2 Å². The molecule has 0 aromatic carbocycles. The number of nitrogens with zero attached hydrogens (tertiary/aromatic N) is 4. The molecular formula is C24H34N6O5Si. The van der Waals surface area contributed by atoms with Crippen molar-refractivity contribution in [3.8, 4) is 23.5 Å². The molecule has 0 bridgehead atoms. The fraction of sp³-hybridized carbons (Fsp3) is 0.417. The summed E-state index contributed by atoms with van der Waals surface area (Å²) in [5.41, 5.74) is 0.190. The summed E-state index contributed by atoms with van der Waals surface area (Å²) in [5.74, 6) is 0.859. The van der Waals surface area contributed by atoms with E-state index in [1.54, 1.807) is 12.3 Å². The molecule has 3 aromatic rings. The van der Waals surface area contributed by atoms with Gasteiger partial charge in [0.25, 0.3) is 11.9 Å². The quantitative estimate of drug-likeness (QED) is 0.274. The van der Waals surface area contributed by atoms with Crippen molar-refractivity contribution in [1.29, 1.82) is 0 Å². The maximum absolute atomic E-state index is 12.9. The van der Waals surface area contributed by atoms with Gasteiger partial charge in [-0.2, -0.15) is 9.97 Å². The number of hydrogen-bond acceptors (Lipinski definition) is 10. The summed E-state index contributed by atoms with van der Waals surface area (Å²) in [7, 11) is 5.37. The van der Waals surface area contributed by atoms with Crippen LogP contribution in [0.1, 0.15) is 17.0 Å². The highest BCUT2D eigenvalue weighted by Crippen LogP contribution is 2.33. The van der Waals surface area contributed by atoms with Gasteiger partial charge in [0.15, 0.2) is 11.4 Å². The predicted octanol–water partition coefficient (Wildman–Crippen LogP) is 3.44. The van der Waals surface area contributed by atoms with E-state index in [1.807, 2.05) is 26.4 Å². The van der Waals surface area contributed by atoms with Crippen molar-refractivity contribution in [3.63, 3.8) is 0 Å². The first-order valence-corrected chi connectivity index (χ1v) is 15.0. The van der Waals surface area contributed by atoms with E-state index in [9.17, 15) is 4.79 Å². The van der Waals surface area contributed by atoms with E-state index in [2.05, 4.69) is 50.1 Å². The number of nitrogens with one attached hydrogen (secondary N) is 2. The van der Waals surface area contributed by atoms with Crippen LogP contribution in [0, 0.1) is 0 Å². The standard InChI is InChI=1S/C24H34N6O5Si/c1-30(2)12-8-11-26-24-28-22(32-3)20(23(29-24)33-4)27-21(31)18-9-10-19(35-18)34-16-13-17(15-25-14-16)36(5,6)7/h9-10,13-15H,8,11-12H2,1-7H3,(H,27,31)(H,26,28,29). The second-order valence-corrected chi connectivity index (χ2v) is 14.4. The molecular weight excluding hydrogens is 480 g/mol. The lowest BCUT2D eigenvalue weighted by molar-refractivity contribution is 0.0990. The van der Waals surface area contributed by atoms with Crippen molar-refractivity contribution in [2.24, 2.45) is 0 Å². The molecule has 0 aliphatic rings. The van der Waals surface area contributed by atoms with Crippen LogP contribution in [0.4, 0.5) is 11.6 Å². The third-order valence-corrected chi connectivity index (χ3v) is 7.14. The van der Waals surface area contributed by atoms with Crippen LogP contribution in [0.15, 0.2) is 35.0 Å². The van der Waals surface area contributed by atoms with Gasteiger partial charge in [-0.05, 0) is 44.4 Å². The first-order valence-electron chi connectivity index (χ1n) is 11.5. The summed E-state index contributed by atoms with van der Waals surface area (Å²) >= 11 is 0. The Kier molecular flexibility index (Phi) is 8.88. The average molecular weight is 515 g/mol. The normalized spacial score (nSPS) is 11.3. The van der Waals surface area contributed by atoms with Crippen LogP contribution < -0.4 is 30.0 Å². The van der Waals surface area contributed by atoms with E-state index in [-0.39, 0.29) is 29.2 Å². The van der Waals surface area contributed by atoms with Crippen molar-refractivity contribution in [1.82, 2.24) is 19.9 Å². The highest BCUT2D eigenvalue weighted by molar-refractivity contribution is 6.88. The summed E-state index contributed by atoms with van der Waals surface area (Å²) < 4.78 is 22.2. The topological polar surface area (TPSA) is 124 Å². The van der Waals surface area contributed by atoms with E-state index in [1.165, 1.54) is 20.3 Å². The summed E-state index contributed by atoms with van der Waals surface area (Å²) in [6.45, 7) is 8.27. The SMILES string of the molecule is COc1nc(NCCCN(C)C)nc(OC)c1NC(=O)c1ccc(Oc2cncc([Si](C)(C)C)c2)o1. The van der Waals surface area contributed by atoms with Gasteiger partial charge in [0.05, 0.1) is 28.5 Å². The Balaban J connectivity index is 1.72. The van der Waals surface area contributed by atoms with Gasteiger partial charge < -0.3 is 34.2 Å². The number of methoxy groups -OCH3 is 2. The van der Waals surface area contributed by atoms with Crippen LogP contribution in [0.3, 0.4) is 0 Å². The van der Waals surface area contributed by atoms with Crippen LogP contribution in [0.25, 0.3) is 0 Å². The second-order valence-electron chi connectivity index (χ2n) is 9.36. The molecule has 0 radical (unpaired) electrons. The van der Waals surface area contributed by atoms with Gasteiger partial charge in [-0.1, -0.05) is 19.6 Å². The summed E-state index contributed by atoms with van der Waals surface area (Å²) in [4.78, 5) is 27.9. The van der Waals surface area contributed by atoms with Crippen molar-refractivity contribution in [3.05, 3.63) is 36.4 Å². The third-order valence-electron chi connectivity index (χ3n) is 5.14. The molecule has 12 heteroatoms. The summed E-state index contributed by atoms with van der Waals surface area (Å²) in [6, 6.07) is 5.04. The summed E-state index contributed by atoms with van der Waals surface area (Å²) in [5, 5.41) is 7.00. The Hall–Kier alpha value is -3.64. The van der Waals surface area contributed by atoms with Gasteiger partial charge >= 0.3 is 0 Å². The van der Waals surface area contributed by atoms with Gasteiger partial charge in [-0.3, -0.25) is 9.78 Å². The highest BCUT2D eigenvalue weighted by atomic mass is 28.3. The number of furan rings is 1. The second kappa shape index (κ2) is 11.9. The molecule has 0 aliphatic heterocycles. The lowest BCUT2D eigenvalue weighted by atomic mass is 10.4. The molecule has 0 saturated carbocycles. The Morgan fingerprint density at radius 3 is 2.39 bits per heavy atom. The molecule has 0 fully saturated rings. The molecule has 3 aromatic heterocycles. The van der Waals surface area contributed by atoms with Crippen LogP contribution in [0.2, 0.25) is 19.6 Å². The number of amides is 1. The number of hydrogen-bond donors (Lipinski definition) is 2. The molecule has 0 aliphatic carbocycles. The smallest absolute Gasteiger partial charge is 0.291 e. The van der Waals surface area contributed by atoms with Gasteiger partial charge in [-0.15, -0.1) is 0 Å². The fourth-order valence-corrected chi connectivity index (χ4v) is 4.21. The van der Waals surface area contributed by atoms with Gasteiger partial charge in [0, 0.05) is 18.8 Å². The Morgan fingerprint density at radius 2 is 1.78 bits per heavy atom. The van der Waals surface area contributed by atoms with E-state index in [0.29, 0.717) is 18.2 Å². The molecule has 0 spiro atoms. The van der Waals surface area contributed by atoms with Crippen molar-refractivity contribution in [2.45, 2.75) is 26.1 Å². The molecule has 194 valence electrons. The largest absolute Gasteiger partial charge is 0.479 e.